The predicted molar refractivity (Wildman–Crippen MR) is 125 cm³/mol. The average Bonchev–Trinajstić information content (AvgIpc) is 3.18. The van der Waals surface area contributed by atoms with Crippen molar-refractivity contribution in [2.24, 2.45) is 10.9 Å². The summed E-state index contributed by atoms with van der Waals surface area (Å²) in [4.78, 5) is 6.81. The van der Waals surface area contributed by atoms with Gasteiger partial charge < -0.3 is 24.4 Å². The molecule has 1 fully saturated rings. The standard InChI is InChI=1S/C21H35N3O3.HI/c1-4-22-21(23-11-7-13-25-16-19-10-14-26-17-19)24(3)12-15-27-20-9-6-5-8-18(20)2;/h5-6,8-9,19H,4,7,10-17H2,1-3H3,(H,22,23);1H. The third kappa shape index (κ3) is 9.43. The highest BCUT2D eigenvalue weighted by Crippen LogP contribution is 2.15. The molecule has 0 saturated carbocycles. The summed E-state index contributed by atoms with van der Waals surface area (Å²) in [5.41, 5.74) is 1.16. The van der Waals surface area contributed by atoms with Gasteiger partial charge in [-0.1, -0.05) is 18.2 Å². The van der Waals surface area contributed by atoms with E-state index in [0.29, 0.717) is 12.5 Å². The molecule has 0 spiro atoms. The lowest BCUT2D eigenvalue weighted by atomic mass is 10.1. The van der Waals surface area contributed by atoms with Crippen LogP contribution >= 0.6 is 24.0 Å². The maximum atomic E-state index is 5.89. The molecule has 0 amide bonds. The van der Waals surface area contributed by atoms with Gasteiger partial charge >= 0.3 is 0 Å². The summed E-state index contributed by atoms with van der Waals surface area (Å²) >= 11 is 0. The smallest absolute Gasteiger partial charge is 0.193 e. The molecule has 1 atom stereocenters. The van der Waals surface area contributed by atoms with Crippen LogP contribution in [0.4, 0.5) is 0 Å². The molecular weight excluding hydrogens is 469 g/mol. The van der Waals surface area contributed by atoms with Gasteiger partial charge in [0.05, 0.1) is 19.8 Å². The van der Waals surface area contributed by atoms with Crippen molar-refractivity contribution in [2.75, 3.05) is 59.7 Å². The van der Waals surface area contributed by atoms with Crippen molar-refractivity contribution in [1.29, 1.82) is 0 Å². The molecule has 6 nitrogen and oxygen atoms in total. The van der Waals surface area contributed by atoms with Gasteiger partial charge in [-0.05, 0) is 38.3 Å². The van der Waals surface area contributed by atoms with E-state index in [1.54, 1.807) is 0 Å². The molecule has 28 heavy (non-hydrogen) atoms. The summed E-state index contributed by atoms with van der Waals surface area (Å²) in [7, 11) is 2.04. The van der Waals surface area contributed by atoms with E-state index in [9.17, 15) is 0 Å². The zero-order valence-corrected chi connectivity index (χ0v) is 19.8. The van der Waals surface area contributed by atoms with Crippen LogP contribution in [-0.4, -0.2) is 70.6 Å². The Morgan fingerprint density at radius 2 is 2.14 bits per heavy atom. The number of halogens is 1. The van der Waals surface area contributed by atoms with Gasteiger partial charge in [0, 0.05) is 39.3 Å². The van der Waals surface area contributed by atoms with Crippen LogP contribution in [0.1, 0.15) is 25.3 Å². The summed E-state index contributed by atoms with van der Waals surface area (Å²) in [6.07, 6.45) is 2.05. The van der Waals surface area contributed by atoms with Gasteiger partial charge in [-0.15, -0.1) is 24.0 Å². The summed E-state index contributed by atoms with van der Waals surface area (Å²) in [5.74, 6) is 2.43. The fraction of sp³-hybridized carbons (Fsp3) is 0.667. The second-order valence-electron chi connectivity index (χ2n) is 6.93. The van der Waals surface area contributed by atoms with Crippen LogP contribution in [0.5, 0.6) is 5.75 Å². The molecular formula is C21H36IN3O3. The first-order chi connectivity index (χ1) is 13.2. The maximum absolute atomic E-state index is 5.89. The normalized spacial score (nSPS) is 16.5. The molecule has 1 unspecified atom stereocenters. The van der Waals surface area contributed by atoms with Crippen LogP contribution in [0.15, 0.2) is 29.3 Å². The summed E-state index contributed by atoms with van der Waals surface area (Å²) in [5, 5.41) is 3.34. The number of benzene rings is 1. The monoisotopic (exact) mass is 505 g/mol. The lowest BCUT2D eigenvalue weighted by Crippen LogP contribution is -2.41. The van der Waals surface area contributed by atoms with Gasteiger partial charge in [-0.3, -0.25) is 4.99 Å². The molecule has 1 N–H and O–H groups in total. The van der Waals surface area contributed by atoms with Gasteiger partial charge in [0.25, 0.3) is 0 Å². The van der Waals surface area contributed by atoms with E-state index >= 15 is 0 Å². The molecule has 1 saturated heterocycles. The molecule has 1 heterocycles. The minimum absolute atomic E-state index is 0. The molecule has 160 valence electrons. The highest BCUT2D eigenvalue weighted by Gasteiger charge is 2.15. The topological polar surface area (TPSA) is 55.3 Å². The van der Waals surface area contributed by atoms with E-state index in [2.05, 4.69) is 30.1 Å². The number of nitrogens with zero attached hydrogens (tertiary/aromatic N) is 2. The first-order valence-electron chi connectivity index (χ1n) is 10.0. The van der Waals surface area contributed by atoms with Crippen LogP contribution in [0.3, 0.4) is 0 Å². The quantitative estimate of drug-likeness (QED) is 0.217. The number of aryl methyl sites for hydroxylation is 1. The second kappa shape index (κ2) is 14.9. The number of rotatable bonds is 11. The van der Waals surface area contributed by atoms with Crippen molar-refractivity contribution in [3.05, 3.63) is 29.8 Å². The molecule has 7 heteroatoms. The summed E-state index contributed by atoms with van der Waals surface area (Å²) < 4.78 is 17.0. The number of hydrogen-bond acceptors (Lipinski definition) is 4. The predicted octanol–water partition coefficient (Wildman–Crippen LogP) is 3.33. The number of nitrogens with one attached hydrogen (secondary N) is 1. The van der Waals surface area contributed by atoms with Crippen molar-refractivity contribution in [3.8, 4) is 5.75 Å². The Morgan fingerprint density at radius 3 is 2.86 bits per heavy atom. The van der Waals surface area contributed by atoms with Gasteiger partial charge in [-0.2, -0.15) is 0 Å². The largest absolute Gasteiger partial charge is 0.491 e. The minimum Gasteiger partial charge on any atom is -0.491 e. The van der Waals surface area contributed by atoms with Crippen molar-refractivity contribution in [2.45, 2.75) is 26.7 Å². The van der Waals surface area contributed by atoms with Crippen LogP contribution in [0, 0.1) is 12.8 Å². The van der Waals surface area contributed by atoms with Crippen LogP contribution < -0.4 is 10.1 Å². The third-order valence-electron chi connectivity index (χ3n) is 4.56. The average molecular weight is 505 g/mol. The molecule has 1 aromatic rings. The highest BCUT2D eigenvalue weighted by molar-refractivity contribution is 14.0. The Bertz CT molecular complexity index is 566. The van der Waals surface area contributed by atoms with Crippen LogP contribution in [0.2, 0.25) is 0 Å². The number of hydrogen-bond donors (Lipinski definition) is 1. The van der Waals surface area contributed by atoms with Crippen LogP contribution in [0.25, 0.3) is 0 Å². The zero-order chi connectivity index (χ0) is 19.3. The van der Waals surface area contributed by atoms with Crippen molar-refractivity contribution in [1.82, 2.24) is 10.2 Å². The minimum atomic E-state index is 0. The molecule has 0 radical (unpaired) electrons. The van der Waals surface area contributed by atoms with E-state index in [1.165, 1.54) is 0 Å². The number of guanidine groups is 1. The van der Waals surface area contributed by atoms with E-state index < -0.39 is 0 Å². The lowest BCUT2D eigenvalue weighted by Gasteiger charge is -2.22. The lowest BCUT2D eigenvalue weighted by molar-refractivity contribution is 0.0893. The highest BCUT2D eigenvalue weighted by atomic mass is 127. The number of likely N-dealkylation sites (N-methyl/N-ethyl adjacent to an activating group) is 1. The third-order valence-corrected chi connectivity index (χ3v) is 4.56. The fourth-order valence-corrected chi connectivity index (χ4v) is 2.90. The Balaban J connectivity index is 0.00000392. The molecule has 2 rings (SSSR count). The van der Waals surface area contributed by atoms with Crippen LogP contribution in [-0.2, 0) is 9.47 Å². The molecule has 1 aliphatic heterocycles. The number of aliphatic imine (C=N–C) groups is 1. The van der Waals surface area contributed by atoms with E-state index in [1.807, 2.05) is 25.2 Å². The Kier molecular flexibility index (Phi) is 13.3. The second-order valence-corrected chi connectivity index (χ2v) is 6.93. The van der Waals surface area contributed by atoms with Gasteiger partial charge in [-0.25, -0.2) is 0 Å². The van der Waals surface area contributed by atoms with E-state index in [0.717, 1.165) is 76.2 Å². The molecule has 1 aliphatic rings. The number of para-hydroxylation sites is 1. The Morgan fingerprint density at radius 1 is 1.32 bits per heavy atom. The van der Waals surface area contributed by atoms with Gasteiger partial charge in [0.15, 0.2) is 5.96 Å². The van der Waals surface area contributed by atoms with Gasteiger partial charge in [0.1, 0.15) is 12.4 Å². The van der Waals surface area contributed by atoms with E-state index in [-0.39, 0.29) is 24.0 Å². The van der Waals surface area contributed by atoms with Gasteiger partial charge in [0.2, 0.25) is 0 Å². The maximum Gasteiger partial charge on any atom is 0.193 e. The fourth-order valence-electron chi connectivity index (χ4n) is 2.90. The summed E-state index contributed by atoms with van der Waals surface area (Å²) in [6.45, 7) is 10.4. The first kappa shape index (κ1) is 25.0. The zero-order valence-electron chi connectivity index (χ0n) is 17.5. The molecule has 0 aromatic heterocycles. The molecule has 1 aromatic carbocycles. The Hall–Kier alpha value is -1.06. The number of ether oxygens (including phenoxy) is 3. The molecule has 0 aliphatic carbocycles. The Labute approximate surface area is 187 Å². The van der Waals surface area contributed by atoms with E-state index in [4.69, 9.17) is 19.2 Å². The SMILES string of the molecule is CCNC(=NCCCOCC1CCOC1)N(C)CCOc1ccccc1C.I. The van der Waals surface area contributed by atoms with Crippen molar-refractivity contribution >= 4 is 29.9 Å². The first-order valence-corrected chi connectivity index (χ1v) is 10.0. The van der Waals surface area contributed by atoms with Crippen molar-refractivity contribution in [3.63, 3.8) is 0 Å². The summed E-state index contributed by atoms with van der Waals surface area (Å²) in [6, 6.07) is 8.09. The van der Waals surface area contributed by atoms with Crippen molar-refractivity contribution < 1.29 is 14.2 Å². The molecule has 0 bridgehead atoms.